The largest absolute Gasteiger partial charge is 0.496 e. The van der Waals surface area contributed by atoms with Gasteiger partial charge in [-0.2, -0.15) is 0 Å². The molecule has 0 radical (unpaired) electrons. The Morgan fingerprint density at radius 2 is 1.89 bits per heavy atom. The van der Waals surface area contributed by atoms with Crippen LogP contribution in [-0.4, -0.2) is 25.0 Å². The number of rotatable bonds is 6. The summed E-state index contributed by atoms with van der Waals surface area (Å²) >= 11 is 0. The van der Waals surface area contributed by atoms with E-state index in [9.17, 15) is 14.4 Å². The highest BCUT2D eigenvalue weighted by Gasteiger charge is 2.21. The number of Topliss-reactive ketones (excluding diaryl/α,β-unsaturated/α-hetero) is 2. The maximum absolute atomic E-state index is 11.4. The maximum Gasteiger partial charge on any atom is 0.150 e. The summed E-state index contributed by atoms with van der Waals surface area (Å²) in [6.45, 7) is 2.78. The van der Waals surface area contributed by atoms with Crippen LogP contribution in [0.25, 0.3) is 0 Å². The van der Waals surface area contributed by atoms with Crippen LogP contribution in [0.1, 0.15) is 29.8 Å². The number of benzene rings is 1. The monoisotopic (exact) mass is 248 g/mol. The smallest absolute Gasteiger partial charge is 0.150 e. The average Bonchev–Trinajstić information content (AvgIpc) is 2.34. The molecule has 0 amide bonds. The maximum atomic E-state index is 11.4. The molecule has 0 bridgehead atoms. The van der Waals surface area contributed by atoms with Gasteiger partial charge in [-0.15, -0.1) is 0 Å². The minimum Gasteiger partial charge on any atom is -0.496 e. The fourth-order valence-electron chi connectivity index (χ4n) is 1.82. The van der Waals surface area contributed by atoms with Crippen LogP contribution in [-0.2, 0) is 16.0 Å². The molecule has 0 atom stereocenters. The van der Waals surface area contributed by atoms with Gasteiger partial charge in [0.05, 0.1) is 13.0 Å². The summed E-state index contributed by atoms with van der Waals surface area (Å²) in [4.78, 5) is 33.6. The van der Waals surface area contributed by atoms with Crippen molar-refractivity contribution >= 4 is 17.9 Å². The number of hydrogen-bond acceptors (Lipinski definition) is 4. The van der Waals surface area contributed by atoms with Gasteiger partial charge in [-0.3, -0.25) is 14.4 Å². The van der Waals surface area contributed by atoms with Gasteiger partial charge in [0.1, 0.15) is 23.6 Å². The van der Waals surface area contributed by atoms with Crippen molar-refractivity contribution in [3.63, 3.8) is 0 Å². The summed E-state index contributed by atoms with van der Waals surface area (Å²) < 4.78 is 5.17. The molecule has 0 N–H and O–H groups in total. The summed E-state index contributed by atoms with van der Waals surface area (Å²) in [7, 11) is 1.51. The van der Waals surface area contributed by atoms with Gasteiger partial charge in [0.2, 0.25) is 0 Å². The van der Waals surface area contributed by atoms with Crippen LogP contribution in [0.3, 0.4) is 0 Å². The molecule has 96 valence electrons. The van der Waals surface area contributed by atoms with Crippen molar-refractivity contribution in [3.8, 4) is 5.75 Å². The van der Waals surface area contributed by atoms with Crippen molar-refractivity contribution in [2.75, 3.05) is 7.11 Å². The fourth-order valence-corrected chi connectivity index (χ4v) is 1.82. The third kappa shape index (κ3) is 3.26. The number of aldehydes is 1. The van der Waals surface area contributed by atoms with Crippen LogP contribution in [0, 0.1) is 5.92 Å². The van der Waals surface area contributed by atoms with Crippen LogP contribution in [0.15, 0.2) is 18.2 Å². The van der Waals surface area contributed by atoms with Crippen LogP contribution >= 0.6 is 0 Å². The molecule has 0 unspecified atom stereocenters. The van der Waals surface area contributed by atoms with E-state index in [4.69, 9.17) is 4.74 Å². The molecule has 4 heteroatoms. The Morgan fingerprint density at radius 3 is 2.33 bits per heavy atom. The highest BCUT2D eigenvalue weighted by Crippen LogP contribution is 2.23. The standard InChI is InChI=1S/C14H16O4/c1-9(16)13(10(2)17)7-12-6-11(8-15)4-5-14(12)18-3/h4-6,8,13H,7H2,1-3H3. The second kappa shape index (κ2) is 6.10. The van der Waals surface area contributed by atoms with Crippen LogP contribution in [0.2, 0.25) is 0 Å². The predicted octanol–water partition coefficient (Wildman–Crippen LogP) is 1.84. The number of ketones is 2. The molecule has 1 rings (SSSR count). The number of ether oxygens (including phenoxy) is 1. The zero-order valence-corrected chi connectivity index (χ0v) is 10.7. The van der Waals surface area contributed by atoms with Crippen molar-refractivity contribution in [3.05, 3.63) is 29.3 Å². The van der Waals surface area contributed by atoms with Gasteiger partial charge >= 0.3 is 0 Å². The van der Waals surface area contributed by atoms with Gasteiger partial charge in [-0.05, 0) is 44.0 Å². The Balaban J connectivity index is 3.10. The highest BCUT2D eigenvalue weighted by molar-refractivity contribution is 6.00. The molecule has 0 saturated heterocycles. The van der Waals surface area contributed by atoms with E-state index in [1.807, 2.05) is 0 Å². The first-order chi connectivity index (χ1) is 8.49. The number of carbonyl (C=O) groups excluding carboxylic acids is 3. The Bertz CT molecular complexity index is 463. The van der Waals surface area contributed by atoms with Gasteiger partial charge in [-0.25, -0.2) is 0 Å². The van der Waals surface area contributed by atoms with Crippen molar-refractivity contribution in [1.29, 1.82) is 0 Å². The SMILES string of the molecule is COc1ccc(C=O)cc1CC(C(C)=O)C(C)=O. The Kier molecular flexibility index (Phi) is 4.77. The van der Waals surface area contributed by atoms with Crippen molar-refractivity contribution < 1.29 is 19.1 Å². The molecular formula is C14H16O4. The fraction of sp³-hybridized carbons (Fsp3) is 0.357. The zero-order chi connectivity index (χ0) is 13.7. The molecular weight excluding hydrogens is 232 g/mol. The topological polar surface area (TPSA) is 60.4 Å². The first-order valence-corrected chi connectivity index (χ1v) is 5.62. The minimum atomic E-state index is -0.680. The molecule has 0 aliphatic rings. The molecule has 0 spiro atoms. The van der Waals surface area contributed by atoms with E-state index in [0.717, 1.165) is 6.29 Å². The van der Waals surface area contributed by atoms with Gasteiger partial charge < -0.3 is 4.74 Å². The second-order valence-electron chi connectivity index (χ2n) is 4.17. The Morgan fingerprint density at radius 1 is 1.28 bits per heavy atom. The van der Waals surface area contributed by atoms with Gasteiger partial charge in [0.25, 0.3) is 0 Å². The average molecular weight is 248 g/mol. The molecule has 1 aromatic carbocycles. The third-order valence-electron chi connectivity index (χ3n) is 2.85. The van der Waals surface area contributed by atoms with E-state index in [2.05, 4.69) is 0 Å². The zero-order valence-electron chi connectivity index (χ0n) is 10.7. The molecule has 0 fully saturated rings. The van der Waals surface area contributed by atoms with E-state index < -0.39 is 5.92 Å². The third-order valence-corrected chi connectivity index (χ3v) is 2.85. The quantitative estimate of drug-likeness (QED) is 0.569. The second-order valence-corrected chi connectivity index (χ2v) is 4.17. The molecule has 1 aromatic rings. The van der Waals surface area contributed by atoms with Crippen molar-refractivity contribution in [2.24, 2.45) is 5.92 Å². The lowest BCUT2D eigenvalue weighted by Crippen LogP contribution is -2.22. The predicted molar refractivity (Wildman–Crippen MR) is 66.9 cm³/mol. The molecule has 0 aliphatic carbocycles. The van der Waals surface area contributed by atoms with Gasteiger partial charge in [0.15, 0.2) is 0 Å². The van der Waals surface area contributed by atoms with Crippen LogP contribution < -0.4 is 4.74 Å². The summed E-state index contributed by atoms with van der Waals surface area (Å²) in [6, 6.07) is 4.94. The van der Waals surface area contributed by atoms with Crippen LogP contribution in [0.4, 0.5) is 0 Å². The van der Waals surface area contributed by atoms with E-state index >= 15 is 0 Å². The highest BCUT2D eigenvalue weighted by atomic mass is 16.5. The molecule has 4 nitrogen and oxygen atoms in total. The van der Waals surface area contributed by atoms with Gasteiger partial charge in [0, 0.05) is 5.56 Å². The number of hydrogen-bond donors (Lipinski definition) is 0. The molecule has 0 aromatic heterocycles. The lowest BCUT2D eigenvalue weighted by molar-refractivity contribution is -0.130. The van der Waals surface area contributed by atoms with E-state index in [-0.39, 0.29) is 18.0 Å². The number of methoxy groups -OCH3 is 1. The van der Waals surface area contributed by atoms with Crippen LogP contribution in [0.5, 0.6) is 5.75 Å². The normalized spacial score (nSPS) is 10.2. The van der Waals surface area contributed by atoms with E-state index in [1.54, 1.807) is 18.2 Å². The summed E-state index contributed by atoms with van der Waals surface area (Å²) in [5.74, 6) is -0.462. The first kappa shape index (κ1) is 14.1. The summed E-state index contributed by atoms with van der Waals surface area (Å²) in [5.41, 5.74) is 1.19. The van der Waals surface area contributed by atoms with Gasteiger partial charge in [-0.1, -0.05) is 0 Å². The Hall–Kier alpha value is -1.97. The summed E-state index contributed by atoms with van der Waals surface area (Å²) in [6.07, 6.45) is 0.981. The minimum absolute atomic E-state index is 0.180. The number of carbonyl (C=O) groups is 3. The lowest BCUT2D eigenvalue weighted by Gasteiger charge is -2.13. The molecule has 0 aliphatic heterocycles. The molecule has 0 saturated carbocycles. The van der Waals surface area contributed by atoms with Crippen molar-refractivity contribution in [2.45, 2.75) is 20.3 Å². The molecule has 0 heterocycles. The van der Waals surface area contributed by atoms with E-state index in [1.165, 1.54) is 21.0 Å². The molecule has 18 heavy (non-hydrogen) atoms. The first-order valence-electron chi connectivity index (χ1n) is 5.62. The summed E-state index contributed by atoms with van der Waals surface area (Å²) in [5, 5.41) is 0. The van der Waals surface area contributed by atoms with E-state index in [0.29, 0.717) is 16.9 Å². The van der Waals surface area contributed by atoms with Crippen molar-refractivity contribution in [1.82, 2.24) is 0 Å². The lowest BCUT2D eigenvalue weighted by atomic mass is 9.91. The Labute approximate surface area is 106 Å².